The lowest BCUT2D eigenvalue weighted by Gasteiger charge is -2.14. The monoisotopic (exact) mass is 542 g/mol. The molecule has 3 aromatic rings. The van der Waals surface area contributed by atoms with Crippen LogP contribution in [0.5, 0.6) is 5.75 Å². The second-order valence-electron chi connectivity index (χ2n) is 7.63. The Morgan fingerprint density at radius 2 is 1.71 bits per heavy atom. The highest BCUT2D eigenvalue weighted by atomic mass is 35.5. The van der Waals surface area contributed by atoms with E-state index >= 15 is 0 Å². The molecule has 9 heteroatoms. The quantitative estimate of drug-likeness (QED) is 0.261. The molecule has 1 heterocycles. The minimum Gasteiger partial charge on any atom is -0.484 e. The van der Waals surface area contributed by atoms with Crippen LogP contribution >= 0.6 is 47.2 Å². The maximum Gasteiger partial charge on any atom is 0.266 e. The van der Waals surface area contributed by atoms with Crippen LogP contribution in [0.25, 0.3) is 6.08 Å². The summed E-state index contributed by atoms with van der Waals surface area (Å²) in [6, 6.07) is 21.9. The number of ether oxygens (including phenoxy) is 1. The van der Waals surface area contributed by atoms with Crippen LogP contribution in [0.2, 0.25) is 10.0 Å². The third kappa shape index (κ3) is 7.08. The van der Waals surface area contributed by atoms with E-state index < -0.39 is 0 Å². The van der Waals surface area contributed by atoms with Crippen LogP contribution in [0.1, 0.15) is 11.1 Å². The Balaban J connectivity index is 1.31. The van der Waals surface area contributed by atoms with Gasteiger partial charge in [0, 0.05) is 22.3 Å². The van der Waals surface area contributed by atoms with Gasteiger partial charge in [0.2, 0.25) is 0 Å². The Kier molecular flexibility index (Phi) is 8.46. The zero-order chi connectivity index (χ0) is 24.8. The average molecular weight is 543 g/mol. The van der Waals surface area contributed by atoms with Crippen LogP contribution in [0.15, 0.2) is 77.7 Å². The fraction of sp³-hybridized carbons (Fsp3) is 0.115. The van der Waals surface area contributed by atoms with Gasteiger partial charge >= 0.3 is 0 Å². The van der Waals surface area contributed by atoms with Crippen molar-refractivity contribution in [1.29, 1.82) is 0 Å². The molecular formula is C26H20Cl2N2O3S2. The summed E-state index contributed by atoms with van der Waals surface area (Å²) in [7, 11) is 0. The van der Waals surface area contributed by atoms with Crippen LogP contribution < -0.4 is 10.1 Å². The van der Waals surface area contributed by atoms with Gasteiger partial charge in [-0.25, -0.2) is 0 Å². The molecule has 2 amide bonds. The zero-order valence-corrected chi connectivity index (χ0v) is 21.5. The summed E-state index contributed by atoms with van der Waals surface area (Å²) in [6.45, 7) is 0.367. The molecule has 1 saturated heterocycles. The van der Waals surface area contributed by atoms with Gasteiger partial charge in [-0.05, 0) is 54.0 Å². The van der Waals surface area contributed by atoms with Crippen molar-refractivity contribution in [2.75, 3.05) is 18.5 Å². The number of nitrogens with zero attached hydrogens (tertiary/aromatic N) is 1. The van der Waals surface area contributed by atoms with E-state index in [0.717, 1.165) is 17.5 Å². The molecule has 0 atom stereocenters. The number of rotatable bonds is 8. The van der Waals surface area contributed by atoms with Gasteiger partial charge in [-0.2, -0.15) is 0 Å². The Morgan fingerprint density at radius 1 is 1.03 bits per heavy atom. The van der Waals surface area contributed by atoms with Gasteiger partial charge in [-0.3, -0.25) is 14.5 Å². The van der Waals surface area contributed by atoms with Crippen molar-refractivity contribution in [2.45, 2.75) is 6.42 Å². The topological polar surface area (TPSA) is 58.6 Å². The number of thiocarbonyl (C=S) groups is 1. The molecule has 0 aromatic heterocycles. The molecule has 0 spiro atoms. The first-order valence-electron chi connectivity index (χ1n) is 10.7. The molecule has 5 nitrogen and oxygen atoms in total. The first kappa shape index (κ1) is 25.3. The van der Waals surface area contributed by atoms with Gasteiger partial charge in [0.15, 0.2) is 6.61 Å². The molecule has 1 aliphatic rings. The first-order valence-corrected chi connectivity index (χ1v) is 12.6. The second-order valence-corrected chi connectivity index (χ2v) is 10.2. The van der Waals surface area contributed by atoms with Crippen LogP contribution in [0, 0.1) is 0 Å². The van der Waals surface area contributed by atoms with Crippen LogP contribution in [-0.4, -0.2) is 34.2 Å². The number of carbonyl (C=O) groups is 2. The van der Waals surface area contributed by atoms with Crippen molar-refractivity contribution < 1.29 is 14.3 Å². The molecular weight excluding hydrogens is 523 g/mol. The largest absolute Gasteiger partial charge is 0.484 e. The van der Waals surface area contributed by atoms with E-state index in [1.54, 1.807) is 41.3 Å². The smallest absolute Gasteiger partial charge is 0.266 e. The summed E-state index contributed by atoms with van der Waals surface area (Å²) < 4.78 is 6.11. The number of halogens is 2. The van der Waals surface area contributed by atoms with Crippen molar-refractivity contribution in [3.05, 3.63) is 98.9 Å². The molecule has 1 aliphatic heterocycles. The predicted molar refractivity (Wildman–Crippen MR) is 147 cm³/mol. The molecule has 0 bridgehead atoms. The van der Waals surface area contributed by atoms with Gasteiger partial charge in [0.1, 0.15) is 10.1 Å². The Hall–Kier alpha value is -2.84. The number of hydrogen-bond acceptors (Lipinski definition) is 5. The molecule has 0 radical (unpaired) electrons. The Bertz CT molecular complexity index is 1260. The van der Waals surface area contributed by atoms with E-state index in [-0.39, 0.29) is 18.4 Å². The number of thioether (sulfide) groups is 1. The van der Waals surface area contributed by atoms with Crippen molar-refractivity contribution in [2.24, 2.45) is 0 Å². The third-order valence-electron chi connectivity index (χ3n) is 5.03. The van der Waals surface area contributed by atoms with Crippen molar-refractivity contribution in [3.63, 3.8) is 0 Å². The minimum atomic E-state index is -0.341. The molecule has 0 unspecified atom stereocenters. The summed E-state index contributed by atoms with van der Waals surface area (Å²) >= 11 is 18.6. The SMILES string of the molecule is O=C(COc1ccc(/C=C2\SC(=S)N(CCc3ccccc3)C2=O)cc1)Nc1cc(Cl)cc(Cl)c1. The second kappa shape index (κ2) is 11.7. The van der Waals surface area contributed by atoms with Gasteiger partial charge in [-0.1, -0.05) is 89.6 Å². The van der Waals surface area contributed by atoms with Crippen LogP contribution in [0.3, 0.4) is 0 Å². The molecule has 4 rings (SSSR count). The van der Waals surface area contributed by atoms with Gasteiger partial charge in [0.25, 0.3) is 11.8 Å². The number of carbonyl (C=O) groups excluding carboxylic acids is 2. The van der Waals surface area contributed by atoms with E-state index in [9.17, 15) is 9.59 Å². The molecule has 178 valence electrons. The van der Waals surface area contributed by atoms with Gasteiger partial charge < -0.3 is 10.1 Å². The normalized spacial score (nSPS) is 14.5. The van der Waals surface area contributed by atoms with Gasteiger partial charge in [-0.15, -0.1) is 0 Å². The Morgan fingerprint density at radius 3 is 2.40 bits per heavy atom. The van der Waals surface area contributed by atoms with Crippen LogP contribution in [0.4, 0.5) is 5.69 Å². The lowest BCUT2D eigenvalue weighted by Crippen LogP contribution is -2.30. The van der Waals surface area contributed by atoms with E-state index in [0.29, 0.717) is 37.3 Å². The number of benzene rings is 3. The lowest BCUT2D eigenvalue weighted by molar-refractivity contribution is -0.122. The summed E-state index contributed by atoms with van der Waals surface area (Å²) in [5.74, 6) is 0.0949. The minimum absolute atomic E-state index is 0.0888. The number of hydrogen-bond donors (Lipinski definition) is 1. The van der Waals surface area contributed by atoms with Gasteiger partial charge in [0.05, 0.1) is 4.91 Å². The maximum atomic E-state index is 12.8. The standard InChI is InChI=1S/C26H20Cl2N2O3S2/c27-19-13-20(28)15-21(14-19)29-24(31)16-33-22-8-6-18(7-9-22)12-23-25(32)30(26(34)35-23)11-10-17-4-2-1-3-5-17/h1-9,12-15H,10-11,16H2,(H,29,31)/b23-12-. The highest BCUT2D eigenvalue weighted by Crippen LogP contribution is 2.33. The molecule has 1 fully saturated rings. The van der Waals surface area contributed by atoms with E-state index in [1.807, 2.05) is 42.5 Å². The fourth-order valence-corrected chi connectivity index (χ4v) is 5.20. The van der Waals surface area contributed by atoms with E-state index in [1.165, 1.54) is 11.8 Å². The zero-order valence-electron chi connectivity index (χ0n) is 18.4. The predicted octanol–water partition coefficient (Wildman–Crippen LogP) is 6.45. The number of amides is 2. The Labute approximate surface area is 223 Å². The summed E-state index contributed by atoms with van der Waals surface area (Å²) in [6.07, 6.45) is 2.55. The van der Waals surface area contributed by atoms with E-state index in [4.69, 9.17) is 40.2 Å². The lowest BCUT2D eigenvalue weighted by atomic mass is 10.1. The molecule has 0 aliphatic carbocycles. The highest BCUT2D eigenvalue weighted by Gasteiger charge is 2.31. The summed E-state index contributed by atoms with van der Waals surface area (Å²) in [5, 5.41) is 3.54. The van der Waals surface area contributed by atoms with E-state index in [2.05, 4.69) is 5.32 Å². The van der Waals surface area contributed by atoms with Crippen molar-refractivity contribution in [1.82, 2.24) is 4.90 Å². The maximum absolute atomic E-state index is 12.8. The molecule has 3 aromatic carbocycles. The molecule has 1 N–H and O–H groups in total. The molecule has 0 saturated carbocycles. The average Bonchev–Trinajstić information content (AvgIpc) is 3.09. The number of nitrogens with one attached hydrogen (secondary N) is 1. The number of anilines is 1. The third-order valence-corrected chi connectivity index (χ3v) is 6.85. The van der Waals surface area contributed by atoms with Crippen molar-refractivity contribution >= 4 is 75.1 Å². The molecule has 35 heavy (non-hydrogen) atoms. The summed E-state index contributed by atoms with van der Waals surface area (Å²) in [4.78, 5) is 27.2. The summed E-state index contributed by atoms with van der Waals surface area (Å²) in [5.41, 5.74) is 2.48. The van der Waals surface area contributed by atoms with Crippen molar-refractivity contribution in [3.8, 4) is 5.75 Å². The highest BCUT2D eigenvalue weighted by molar-refractivity contribution is 8.26. The fourth-order valence-electron chi connectivity index (χ4n) is 3.36. The first-order chi connectivity index (χ1) is 16.9. The van der Waals surface area contributed by atoms with Crippen LogP contribution in [-0.2, 0) is 16.0 Å².